The minimum Gasteiger partial charge on any atom is -0.462 e. The fraction of sp³-hybridized carbons (Fsp3) is 0.250. The Bertz CT molecular complexity index is 1170. The molecule has 0 saturated carbocycles. The number of hydrogen-bond acceptors (Lipinski definition) is 6. The van der Waals surface area contributed by atoms with E-state index in [0.29, 0.717) is 34.8 Å². The molecule has 1 atom stereocenters. The van der Waals surface area contributed by atoms with Crippen molar-refractivity contribution < 1.29 is 13.9 Å². The molecule has 4 heterocycles. The standard InChI is InChI=1S/C20H19FN6O2/c1-12(9-27-7-6-22-19(27)15-4-3-5-16(21)26-15)10-29-20(28)14-8-23-18-17(13(14)2)24-11-25-18/h3-8,11-12H,9-10H2,1-2H3,(H,23,24,25). The average Bonchev–Trinajstić information content (AvgIpc) is 3.36. The first-order valence-corrected chi connectivity index (χ1v) is 9.13. The van der Waals surface area contributed by atoms with Crippen LogP contribution in [0.25, 0.3) is 22.7 Å². The topological polar surface area (TPSA) is 98.6 Å². The van der Waals surface area contributed by atoms with Gasteiger partial charge in [-0.25, -0.2) is 24.7 Å². The van der Waals surface area contributed by atoms with Crippen molar-refractivity contribution in [2.24, 2.45) is 5.92 Å². The summed E-state index contributed by atoms with van der Waals surface area (Å²) in [6.07, 6.45) is 6.46. The van der Waals surface area contributed by atoms with Crippen molar-refractivity contribution in [1.82, 2.24) is 29.5 Å². The molecule has 9 heteroatoms. The third-order valence-electron chi connectivity index (χ3n) is 4.59. The smallest absolute Gasteiger partial charge is 0.340 e. The number of imidazole rings is 2. The zero-order chi connectivity index (χ0) is 20.4. The lowest BCUT2D eigenvalue weighted by Gasteiger charge is -2.15. The summed E-state index contributed by atoms with van der Waals surface area (Å²) in [5.41, 5.74) is 2.85. The van der Waals surface area contributed by atoms with Gasteiger partial charge in [0, 0.05) is 31.1 Å². The molecule has 148 valence electrons. The lowest BCUT2D eigenvalue weighted by atomic mass is 10.1. The Morgan fingerprint density at radius 2 is 2.17 bits per heavy atom. The molecular formula is C20H19FN6O2. The van der Waals surface area contributed by atoms with Crippen molar-refractivity contribution in [1.29, 1.82) is 0 Å². The molecule has 4 rings (SSSR count). The van der Waals surface area contributed by atoms with Crippen molar-refractivity contribution in [2.75, 3.05) is 6.61 Å². The minimum atomic E-state index is -0.558. The van der Waals surface area contributed by atoms with Crippen LogP contribution in [0.1, 0.15) is 22.8 Å². The predicted octanol–water partition coefficient (Wildman–Crippen LogP) is 3.16. The van der Waals surface area contributed by atoms with Crippen molar-refractivity contribution in [3.63, 3.8) is 0 Å². The average molecular weight is 394 g/mol. The molecule has 8 nitrogen and oxygen atoms in total. The maximum atomic E-state index is 13.4. The molecule has 0 aliphatic rings. The summed E-state index contributed by atoms with van der Waals surface area (Å²) in [5, 5.41) is 0. The van der Waals surface area contributed by atoms with Gasteiger partial charge in [-0.2, -0.15) is 4.39 Å². The van der Waals surface area contributed by atoms with Crippen molar-refractivity contribution in [3.8, 4) is 11.5 Å². The Morgan fingerprint density at radius 3 is 3.00 bits per heavy atom. The first kappa shape index (κ1) is 18.7. The van der Waals surface area contributed by atoms with E-state index >= 15 is 0 Å². The van der Waals surface area contributed by atoms with E-state index in [1.54, 1.807) is 24.5 Å². The summed E-state index contributed by atoms with van der Waals surface area (Å²) in [6, 6.07) is 4.58. The zero-order valence-electron chi connectivity index (χ0n) is 16.0. The molecule has 1 N–H and O–H groups in total. The van der Waals surface area contributed by atoms with Gasteiger partial charge in [0.2, 0.25) is 5.95 Å². The number of ether oxygens (including phenoxy) is 1. The molecule has 0 saturated heterocycles. The molecule has 0 aliphatic carbocycles. The van der Waals surface area contributed by atoms with Crippen LogP contribution in [-0.4, -0.2) is 42.1 Å². The number of aromatic amines is 1. The summed E-state index contributed by atoms with van der Waals surface area (Å²) in [6.45, 7) is 4.52. The first-order valence-electron chi connectivity index (χ1n) is 9.13. The number of halogens is 1. The number of fused-ring (bicyclic) bond motifs is 1. The highest BCUT2D eigenvalue weighted by Gasteiger charge is 2.17. The van der Waals surface area contributed by atoms with Crippen LogP contribution in [0.15, 0.2) is 43.1 Å². The van der Waals surface area contributed by atoms with Crippen molar-refractivity contribution >= 4 is 17.1 Å². The quantitative estimate of drug-likeness (QED) is 0.398. The SMILES string of the molecule is Cc1c(C(=O)OCC(C)Cn2ccnc2-c2cccc(F)n2)cnc2[nH]cnc12. The highest BCUT2D eigenvalue weighted by molar-refractivity contribution is 5.95. The van der Waals surface area contributed by atoms with Gasteiger partial charge in [0.25, 0.3) is 0 Å². The monoisotopic (exact) mass is 394 g/mol. The summed E-state index contributed by atoms with van der Waals surface area (Å²) >= 11 is 0. The van der Waals surface area contributed by atoms with Crippen LogP contribution in [0.2, 0.25) is 0 Å². The van der Waals surface area contributed by atoms with Crippen molar-refractivity contribution in [2.45, 2.75) is 20.4 Å². The first-order chi connectivity index (χ1) is 14.0. The molecule has 4 aromatic heterocycles. The molecule has 0 radical (unpaired) electrons. The number of rotatable bonds is 6. The Hall–Kier alpha value is -3.62. The third kappa shape index (κ3) is 3.84. The number of nitrogens with one attached hydrogen (secondary N) is 1. The second-order valence-electron chi connectivity index (χ2n) is 6.85. The molecule has 29 heavy (non-hydrogen) atoms. The second-order valence-corrected chi connectivity index (χ2v) is 6.85. The van der Waals surface area contributed by atoms with Gasteiger partial charge in [0.05, 0.1) is 18.5 Å². The van der Waals surface area contributed by atoms with Gasteiger partial charge in [0.1, 0.15) is 11.2 Å². The predicted molar refractivity (Wildman–Crippen MR) is 103 cm³/mol. The highest BCUT2D eigenvalue weighted by Crippen LogP contribution is 2.19. The fourth-order valence-corrected chi connectivity index (χ4v) is 3.13. The normalized spacial score (nSPS) is 12.2. The molecule has 1 unspecified atom stereocenters. The minimum absolute atomic E-state index is 0.00263. The van der Waals surface area contributed by atoms with Gasteiger partial charge in [-0.1, -0.05) is 13.0 Å². The maximum absolute atomic E-state index is 13.4. The number of carbonyl (C=O) groups excluding carboxylic acids is 1. The van der Waals surface area contributed by atoms with E-state index < -0.39 is 11.9 Å². The van der Waals surface area contributed by atoms with Gasteiger partial charge in [-0.05, 0) is 24.6 Å². The molecule has 0 aromatic carbocycles. The van der Waals surface area contributed by atoms with Crippen LogP contribution in [0.5, 0.6) is 0 Å². The summed E-state index contributed by atoms with van der Waals surface area (Å²) < 4.78 is 20.8. The van der Waals surface area contributed by atoms with E-state index in [1.165, 1.54) is 18.6 Å². The number of aryl methyl sites for hydroxylation is 1. The van der Waals surface area contributed by atoms with E-state index in [-0.39, 0.29) is 12.5 Å². The second kappa shape index (κ2) is 7.78. The maximum Gasteiger partial charge on any atom is 0.340 e. The Labute approximate surface area is 165 Å². The van der Waals surface area contributed by atoms with E-state index in [1.807, 2.05) is 18.4 Å². The molecule has 4 aromatic rings. The Morgan fingerprint density at radius 1 is 1.31 bits per heavy atom. The number of carbonyl (C=O) groups is 1. The number of nitrogens with zero attached hydrogens (tertiary/aromatic N) is 5. The van der Waals surface area contributed by atoms with Gasteiger partial charge in [-0.15, -0.1) is 0 Å². The van der Waals surface area contributed by atoms with E-state index in [4.69, 9.17) is 4.74 Å². The summed E-state index contributed by atoms with van der Waals surface area (Å²) in [5.74, 6) is -0.434. The van der Waals surface area contributed by atoms with E-state index in [0.717, 1.165) is 5.56 Å². The van der Waals surface area contributed by atoms with Crippen LogP contribution < -0.4 is 0 Å². The number of H-pyrrole nitrogens is 1. The third-order valence-corrected chi connectivity index (χ3v) is 4.59. The summed E-state index contributed by atoms with van der Waals surface area (Å²) in [4.78, 5) is 31.9. The fourth-order valence-electron chi connectivity index (χ4n) is 3.13. The number of hydrogen-bond donors (Lipinski definition) is 1. The van der Waals surface area contributed by atoms with Crippen LogP contribution in [0.4, 0.5) is 4.39 Å². The van der Waals surface area contributed by atoms with Gasteiger partial charge < -0.3 is 14.3 Å². The van der Waals surface area contributed by atoms with E-state index in [9.17, 15) is 9.18 Å². The van der Waals surface area contributed by atoms with Crippen LogP contribution in [0.3, 0.4) is 0 Å². The zero-order valence-corrected chi connectivity index (χ0v) is 16.0. The molecule has 0 amide bonds. The Balaban J connectivity index is 1.42. The lowest BCUT2D eigenvalue weighted by molar-refractivity contribution is 0.0438. The molecule has 0 aliphatic heterocycles. The van der Waals surface area contributed by atoms with Gasteiger partial charge in [-0.3, -0.25) is 0 Å². The highest BCUT2D eigenvalue weighted by atomic mass is 19.1. The molecule has 0 bridgehead atoms. The van der Waals surface area contributed by atoms with Crippen molar-refractivity contribution in [3.05, 3.63) is 60.2 Å². The molecule has 0 fully saturated rings. The number of aromatic nitrogens is 6. The van der Waals surface area contributed by atoms with Crippen LogP contribution >= 0.6 is 0 Å². The van der Waals surface area contributed by atoms with Crippen LogP contribution in [-0.2, 0) is 11.3 Å². The number of pyridine rings is 2. The van der Waals surface area contributed by atoms with Crippen LogP contribution in [0, 0.1) is 18.8 Å². The van der Waals surface area contributed by atoms with E-state index in [2.05, 4.69) is 24.9 Å². The van der Waals surface area contributed by atoms with Gasteiger partial charge in [0.15, 0.2) is 11.5 Å². The summed E-state index contributed by atoms with van der Waals surface area (Å²) in [7, 11) is 0. The number of esters is 1. The molecular weight excluding hydrogens is 375 g/mol. The van der Waals surface area contributed by atoms with Gasteiger partial charge >= 0.3 is 5.97 Å². The Kier molecular flexibility index (Phi) is 5.03. The largest absolute Gasteiger partial charge is 0.462 e. The molecule has 0 spiro atoms. The lowest BCUT2D eigenvalue weighted by Crippen LogP contribution is -2.18.